The number of carbonyl (C=O) groups excluding carboxylic acids is 2. The topological polar surface area (TPSA) is 75.1 Å². The van der Waals surface area contributed by atoms with E-state index in [-0.39, 0.29) is 11.8 Å². The molecule has 2 aliphatic heterocycles. The fraction of sp³-hybridized carbons (Fsp3) is 0.600. The van der Waals surface area contributed by atoms with E-state index in [0.717, 1.165) is 25.1 Å². The molecular weight excluding hydrogens is 344 g/mol. The van der Waals surface area contributed by atoms with Crippen LogP contribution < -0.4 is 0 Å². The first-order valence-electron chi connectivity index (χ1n) is 9.57. The van der Waals surface area contributed by atoms with Crippen LogP contribution in [0.1, 0.15) is 45.2 Å². The van der Waals surface area contributed by atoms with Crippen molar-refractivity contribution in [1.29, 1.82) is 0 Å². The molecule has 0 radical (unpaired) electrons. The third kappa shape index (κ3) is 4.64. The number of hydrogen-bond donors (Lipinski definition) is 0. The molecule has 0 saturated carbocycles. The highest BCUT2D eigenvalue weighted by Crippen LogP contribution is 2.34. The van der Waals surface area contributed by atoms with E-state index in [2.05, 4.69) is 10.1 Å². The van der Waals surface area contributed by atoms with E-state index < -0.39 is 5.60 Å². The van der Waals surface area contributed by atoms with Crippen molar-refractivity contribution in [2.45, 2.75) is 51.7 Å². The predicted octanol–water partition coefficient (Wildman–Crippen LogP) is 2.22. The second kappa shape index (κ2) is 8.06. The number of hydrogen-bond acceptors (Lipinski definition) is 5. The van der Waals surface area contributed by atoms with Gasteiger partial charge < -0.3 is 14.6 Å². The van der Waals surface area contributed by atoms with Crippen LogP contribution in [0.2, 0.25) is 0 Å². The van der Waals surface area contributed by atoms with Gasteiger partial charge in [-0.3, -0.25) is 14.6 Å². The van der Waals surface area contributed by atoms with Gasteiger partial charge in [-0.25, -0.2) is 0 Å². The molecular formula is C20H28N4O3. The molecule has 2 amide bonds. The van der Waals surface area contributed by atoms with E-state index in [1.807, 2.05) is 36.9 Å². The lowest BCUT2D eigenvalue weighted by molar-refractivity contribution is -0.141. The van der Waals surface area contributed by atoms with Gasteiger partial charge in [0.05, 0.1) is 18.8 Å². The van der Waals surface area contributed by atoms with Gasteiger partial charge in [0, 0.05) is 32.6 Å². The highest BCUT2D eigenvalue weighted by atomic mass is 16.7. The zero-order valence-corrected chi connectivity index (χ0v) is 16.4. The standard InChI is InChI=1S/C20H28N4O3/c1-15(2)11-18(25)24-10-6-8-20(14-24)12-17(22-27-20)19(26)23(3)13-16-7-4-5-9-21-16/h4-5,7,9,15H,6,8,10-14H2,1-3H3. The summed E-state index contributed by atoms with van der Waals surface area (Å²) in [5.41, 5.74) is 0.694. The van der Waals surface area contributed by atoms with E-state index >= 15 is 0 Å². The molecule has 1 aromatic rings. The number of likely N-dealkylation sites (tertiary alicyclic amines) is 1. The van der Waals surface area contributed by atoms with Crippen LogP contribution in [0.4, 0.5) is 0 Å². The van der Waals surface area contributed by atoms with E-state index in [1.165, 1.54) is 0 Å². The molecule has 3 heterocycles. The molecule has 1 fully saturated rings. The fourth-order valence-electron chi connectivity index (χ4n) is 3.67. The molecule has 0 bridgehead atoms. The summed E-state index contributed by atoms with van der Waals surface area (Å²) in [6.45, 7) is 5.76. The van der Waals surface area contributed by atoms with Crippen molar-refractivity contribution in [3.8, 4) is 0 Å². The maximum absolute atomic E-state index is 12.7. The van der Waals surface area contributed by atoms with Crippen LogP contribution >= 0.6 is 0 Å². The molecule has 0 aliphatic carbocycles. The Hall–Kier alpha value is -2.44. The third-order valence-electron chi connectivity index (χ3n) is 5.03. The minimum atomic E-state index is -0.554. The molecule has 1 unspecified atom stereocenters. The SMILES string of the molecule is CC(C)CC(=O)N1CCCC2(CC(C(=O)N(C)Cc3ccccn3)=NO2)C1. The molecule has 1 aromatic heterocycles. The molecule has 0 N–H and O–H groups in total. The van der Waals surface area contributed by atoms with Gasteiger partial charge in [-0.1, -0.05) is 25.1 Å². The lowest BCUT2D eigenvalue weighted by atomic mass is 9.87. The quantitative estimate of drug-likeness (QED) is 0.794. The highest BCUT2D eigenvalue weighted by Gasteiger charge is 2.46. The zero-order chi connectivity index (χ0) is 19.4. The van der Waals surface area contributed by atoms with E-state index in [0.29, 0.717) is 37.6 Å². The molecule has 1 saturated heterocycles. The second-order valence-electron chi connectivity index (χ2n) is 7.99. The smallest absolute Gasteiger partial charge is 0.271 e. The van der Waals surface area contributed by atoms with Crippen molar-refractivity contribution in [1.82, 2.24) is 14.8 Å². The van der Waals surface area contributed by atoms with Crippen LogP contribution in [0.15, 0.2) is 29.6 Å². The Balaban J connectivity index is 1.59. The minimum absolute atomic E-state index is 0.150. The average molecular weight is 372 g/mol. The molecule has 0 aromatic carbocycles. The Morgan fingerprint density at radius 1 is 1.37 bits per heavy atom. The number of oxime groups is 1. The van der Waals surface area contributed by atoms with Crippen LogP contribution in [0.3, 0.4) is 0 Å². The largest absolute Gasteiger partial charge is 0.386 e. The second-order valence-corrected chi connectivity index (χ2v) is 7.99. The normalized spacial score (nSPS) is 21.9. The van der Waals surface area contributed by atoms with Crippen molar-refractivity contribution in [3.63, 3.8) is 0 Å². The maximum Gasteiger partial charge on any atom is 0.271 e. The molecule has 1 atom stereocenters. The summed E-state index contributed by atoms with van der Waals surface area (Å²) in [4.78, 5) is 38.6. The first-order chi connectivity index (χ1) is 12.9. The predicted molar refractivity (Wildman–Crippen MR) is 102 cm³/mol. The van der Waals surface area contributed by atoms with Gasteiger partial charge in [0.2, 0.25) is 5.91 Å². The number of carbonyl (C=O) groups is 2. The summed E-state index contributed by atoms with van der Waals surface area (Å²) < 4.78 is 0. The summed E-state index contributed by atoms with van der Waals surface area (Å²) in [6.07, 6.45) is 4.37. The number of nitrogens with zero attached hydrogens (tertiary/aromatic N) is 4. The zero-order valence-electron chi connectivity index (χ0n) is 16.4. The molecule has 1 spiro atoms. The Morgan fingerprint density at radius 2 is 2.19 bits per heavy atom. The maximum atomic E-state index is 12.7. The van der Waals surface area contributed by atoms with Gasteiger partial charge in [0.1, 0.15) is 5.71 Å². The molecule has 27 heavy (non-hydrogen) atoms. The average Bonchev–Trinajstić information content (AvgIpc) is 3.04. The first kappa shape index (κ1) is 19.3. The third-order valence-corrected chi connectivity index (χ3v) is 5.03. The van der Waals surface area contributed by atoms with Crippen molar-refractivity contribution >= 4 is 17.5 Å². The Labute approximate surface area is 160 Å². The van der Waals surface area contributed by atoms with Crippen LogP contribution in [0.5, 0.6) is 0 Å². The van der Waals surface area contributed by atoms with Crippen molar-refractivity contribution in [2.75, 3.05) is 20.1 Å². The lowest BCUT2D eigenvalue weighted by Gasteiger charge is -2.38. The Bertz CT molecular complexity index is 719. The lowest BCUT2D eigenvalue weighted by Crippen LogP contribution is -2.51. The highest BCUT2D eigenvalue weighted by molar-refractivity contribution is 6.39. The number of pyridine rings is 1. The first-order valence-corrected chi connectivity index (χ1v) is 9.57. The van der Waals surface area contributed by atoms with Crippen LogP contribution in [-0.4, -0.2) is 58.0 Å². The van der Waals surface area contributed by atoms with E-state index in [9.17, 15) is 9.59 Å². The van der Waals surface area contributed by atoms with Crippen molar-refractivity contribution in [3.05, 3.63) is 30.1 Å². The van der Waals surface area contributed by atoms with Crippen molar-refractivity contribution < 1.29 is 14.4 Å². The summed E-state index contributed by atoms with van der Waals surface area (Å²) in [5, 5.41) is 4.10. The van der Waals surface area contributed by atoms with Gasteiger partial charge in [-0.2, -0.15) is 0 Å². The summed E-state index contributed by atoms with van der Waals surface area (Å²) in [6, 6.07) is 5.63. The summed E-state index contributed by atoms with van der Waals surface area (Å²) in [7, 11) is 1.74. The van der Waals surface area contributed by atoms with Gasteiger partial charge in [-0.05, 0) is 30.9 Å². The Morgan fingerprint density at radius 3 is 2.89 bits per heavy atom. The number of piperidine rings is 1. The van der Waals surface area contributed by atoms with Crippen LogP contribution in [0, 0.1) is 5.92 Å². The monoisotopic (exact) mass is 372 g/mol. The van der Waals surface area contributed by atoms with Gasteiger partial charge in [0.25, 0.3) is 5.91 Å². The summed E-state index contributed by atoms with van der Waals surface area (Å²) in [5.74, 6) is 0.330. The molecule has 7 nitrogen and oxygen atoms in total. The van der Waals surface area contributed by atoms with Crippen molar-refractivity contribution in [2.24, 2.45) is 11.1 Å². The van der Waals surface area contributed by atoms with Gasteiger partial charge in [-0.15, -0.1) is 0 Å². The van der Waals surface area contributed by atoms with Gasteiger partial charge >= 0.3 is 0 Å². The number of amides is 2. The van der Waals surface area contributed by atoms with Gasteiger partial charge in [0.15, 0.2) is 5.60 Å². The molecule has 7 heteroatoms. The van der Waals surface area contributed by atoms with Crippen LogP contribution in [0.25, 0.3) is 0 Å². The molecule has 146 valence electrons. The van der Waals surface area contributed by atoms with E-state index in [1.54, 1.807) is 18.1 Å². The number of rotatable bonds is 5. The fourth-order valence-corrected chi connectivity index (χ4v) is 3.67. The molecule has 3 rings (SSSR count). The Kier molecular flexibility index (Phi) is 5.77. The van der Waals surface area contributed by atoms with Crippen LogP contribution in [-0.2, 0) is 21.0 Å². The summed E-state index contributed by atoms with van der Waals surface area (Å²) >= 11 is 0. The minimum Gasteiger partial charge on any atom is -0.386 e. The van der Waals surface area contributed by atoms with E-state index in [4.69, 9.17) is 4.84 Å². The molecule has 2 aliphatic rings. The number of aromatic nitrogens is 1.